The summed E-state index contributed by atoms with van der Waals surface area (Å²) in [5.41, 5.74) is 1.49. The third-order valence-electron chi connectivity index (χ3n) is 2.11. The first kappa shape index (κ1) is 11.4. The molecule has 0 fully saturated rings. The van der Waals surface area contributed by atoms with Crippen molar-refractivity contribution in [2.24, 2.45) is 0 Å². The molecule has 0 aliphatic heterocycles. The number of hydrogen-bond donors (Lipinski definition) is 2. The van der Waals surface area contributed by atoms with E-state index in [2.05, 4.69) is 10.3 Å². The van der Waals surface area contributed by atoms with Crippen LogP contribution < -0.4 is 10.8 Å². The van der Waals surface area contributed by atoms with Crippen LogP contribution in [0.1, 0.15) is 0 Å². The number of anilines is 2. The van der Waals surface area contributed by atoms with Crippen molar-refractivity contribution in [3.63, 3.8) is 0 Å². The highest BCUT2D eigenvalue weighted by atomic mass is 19.2. The van der Waals surface area contributed by atoms with Crippen molar-refractivity contribution in [1.82, 2.24) is 4.98 Å². The van der Waals surface area contributed by atoms with Crippen LogP contribution in [0.5, 0.6) is 0 Å². The number of benzene rings is 1. The third-order valence-corrected chi connectivity index (χ3v) is 2.11. The lowest BCUT2D eigenvalue weighted by atomic mass is 10.3. The molecule has 2 rings (SSSR count). The number of quaternary nitrogens is 1. The maximum Gasteiger partial charge on any atom is 0.160 e. The Kier molecular flexibility index (Phi) is 3.27. The second-order valence-corrected chi connectivity index (χ2v) is 3.35. The molecular weight excluding hydrogens is 228 g/mol. The Morgan fingerprint density at radius 3 is 2.65 bits per heavy atom. The molecule has 1 heterocycles. The predicted octanol–water partition coefficient (Wildman–Crippen LogP) is 1.80. The van der Waals surface area contributed by atoms with Crippen LogP contribution in [0, 0.1) is 16.8 Å². The molecule has 1 aromatic carbocycles. The molecule has 0 saturated heterocycles. The van der Waals surface area contributed by atoms with Gasteiger partial charge in [0.05, 0.1) is 0 Å². The Labute approximate surface area is 95.9 Å². The van der Waals surface area contributed by atoms with Gasteiger partial charge in [0.25, 0.3) is 0 Å². The molecule has 4 nitrogen and oxygen atoms in total. The van der Waals surface area contributed by atoms with Gasteiger partial charge in [0.2, 0.25) is 0 Å². The summed E-state index contributed by atoms with van der Waals surface area (Å²) in [6.45, 7) is 0. The monoisotopic (exact) mass is 237 g/mol. The van der Waals surface area contributed by atoms with Crippen LogP contribution in [0.3, 0.4) is 0 Å². The zero-order valence-electron chi connectivity index (χ0n) is 8.65. The molecule has 0 unspecified atom stereocenters. The van der Waals surface area contributed by atoms with Gasteiger partial charge in [-0.05, 0) is 12.1 Å². The highest BCUT2D eigenvalue weighted by Crippen LogP contribution is 2.18. The summed E-state index contributed by atoms with van der Waals surface area (Å²) in [5, 5.41) is 13.3. The molecule has 0 aliphatic carbocycles. The summed E-state index contributed by atoms with van der Waals surface area (Å²) in [5.74, 6) is -1.47. The molecule has 0 spiro atoms. The highest BCUT2D eigenvalue weighted by Gasteiger charge is 2.03. The number of hydrogen-bond acceptors (Lipinski definition) is 3. The van der Waals surface area contributed by atoms with E-state index in [1.165, 1.54) is 18.3 Å². The van der Waals surface area contributed by atoms with Crippen LogP contribution >= 0.6 is 0 Å². The van der Waals surface area contributed by atoms with Crippen molar-refractivity contribution < 1.29 is 14.3 Å². The first-order chi connectivity index (χ1) is 8.19. The minimum absolute atomic E-state index is 0.361. The minimum atomic E-state index is -0.943. The third kappa shape index (κ3) is 2.74. The van der Waals surface area contributed by atoms with Crippen molar-refractivity contribution in [3.05, 3.63) is 53.4 Å². The molecule has 0 radical (unpaired) electrons. The molecule has 0 aliphatic rings. The Bertz CT molecular complexity index is 534. The summed E-state index contributed by atoms with van der Waals surface area (Å²) in [6.07, 6.45) is 1.45. The SMILES string of the molecule is [O-][NH2+]c1ccnc(Nc2ccc(F)c(F)c2)c1. The number of halogens is 2. The maximum absolute atomic E-state index is 12.9. The molecule has 6 heteroatoms. The Hall–Kier alpha value is -2.05. The summed E-state index contributed by atoms with van der Waals surface area (Å²) < 4.78 is 25.6. The molecular formula is C11H9F2N3O. The van der Waals surface area contributed by atoms with Crippen LogP contribution in [-0.2, 0) is 0 Å². The second-order valence-electron chi connectivity index (χ2n) is 3.35. The van der Waals surface area contributed by atoms with E-state index in [1.807, 2.05) is 0 Å². The van der Waals surface area contributed by atoms with Gasteiger partial charge in [-0.15, -0.1) is 0 Å². The molecule has 3 N–H and O–H groups in total. The number of nitrogens with two attached hydrogens (primary N) is 1. The molecule has 0 saturated carbocycles. The number of pyridine rings is 1. The minimum Gasteiger partial charge on any atom is -0.630 e. The topological polar surface area (TPSA) is 64.6 Å². The van der Waals surface area contributed by atoms with Crippen LogP contribution in [0.25, 0.3) is 0 Å². The molecule has 1 aromatic heterocycles. The van der Waals surface area contributed by atoms with Gasteiger partial charge >= 0.3 is 0 Å². The number of rotatable bonds is 3. The van der Waals surface area contributed by atoms with Crippen molar-refractivity contribution >= 4 is 17.2 Å². The zero-order chi connectivity index (χ0) is 12.3. The van der Waals surface area contributed by atoms with Gasteiger partial charge in [-0.1, -0.05) is 0 Å². The average Bonchev–Trinajstić information content (AvgIpc) is 2.34. The number of nitrogens with zero attached hydrogens (tertiary/aromatic N) is 1. The predicted molar refractivity (Wildman–Crippen MR) is 58.8 cm³/mol. The summed E-state index contributed by atoms with van der Waals surface area (Å²) in [4.78, 5) is 3.95. The Morgan fingerprint density at radius 1 is 1.12 bits per heavy atom. The van der Waals surface area contributed by atoms with Crippen molar-refractivity contribution in [2.45, 2.75) is 0 Å². The van der Waals surface area contributed by atoms with Crippen molar-refractivity contribution in [3.8, 4) is 0 Å². The van der Waals surface area contributed by atoms with Gasteiger partial charge in [-0.3, -0.25) is 0 Å². The molecule has 0 amide bonds. The lowest BCUT2D eigenvalue weighted by molar-refractivity contribution is -0.497. The second kappa shape index (κ2) is 4.86. The van der Waals surface area contributed by atoms with Gasteiger partial charge < -0.3 is 16.0 Å². The lowest BCUT2D eigenvalue weighted by Gasteiger charge is -2.07. The molecule has 17 heavy (non-hydrogen) atoms. The summed E-state index contributed by atoms with van der Waals surface area (Å²) in [6, 6.07) is 6.47. The molecule has 0 bridgehead atoms. The van der Waals surface area contributed by atoms with E-state index in [1.54, 1.807) is 6.07 Å². The standard InChI is InChI=1S/C11H9F2N3O/c12-9-2-1-7(5-10(9)13)15-11-6-8(16-17)3-4-14-11/h1-6H,16H2,(H,14,15). The lowest BCUT2D eigenvalue weighted by Crippen LogP contribution is -2.70. The fraction of sp³-hybridized carbons (Fsp3) is 0. The first-order valence-corrected chi connectivity index (χ1v) is 4.82. The Morgan fingerprint density at radius 2 is 1.94 bits per heavy atom. The highest BCUT2D eigenvalue weighted by molar-refractivity contribution is 5.58. The van der Waals surface area contributed by atoms with Gasteiger partial charge in [-0.2, -0.15) is 0 Å². The van der Waals surface area contributed by atoms with Crippen LogP contribution in [-0.4, -0.2) is 4.98 Å². The van der Waals surface area contributed by atoms with Crippen molar-refractivity contribution in [1.29, 1.82) is 0 Å². The van der Waals surface area contributed by atoms with Crippen molar-refractivity contribution in [2.75, 3.05) is 5.32 Å². The van der Waals surface area contributed by atoms with E-state index in [-0.39, 0.29) is 0 Å². The fourth-order valence-electron chi connectivity index (χ4n) is 1.31. The summed E-state index contributed by atoms with van der Waals surface area (Å²) >= 11 is 0. The van der Waals surface area contributed by atoms with E-state index in [4.69, 9.17) is 0 Å². The first-order valence-electron chi connectivity index (χ1n) is 4.82. The normalized spacial score (nSPS) is 10.3. The number of aromatic nitrogens is 1. The average molecular weight is 237 g/mol. The summed E-state index contributed by atoms with van der Waals surface area (Å²) in [7, 11) is 0. The van der Waals surface area contributed by atoms with Crippen LogP contribution in [0.15, 0.2) is 36.5 Å². The van der Waals surface area contributed by atoms with Gasteiger partial charge in [0.15, 0.2) is 11.6 Å². The largest absolute Gasteiger partial charge is 0.630 e. The fourth-order valence-corrected chi connectivity index (χ4v) is 1.31. The molecule has 0 atom stereocenters. The quantitative estimate of drug-likeness (QED) is 0.800. The van der Waals surface area contributed by atoms with Gasteiger partial charge in [-0.25, -0.2) is 13.8 Å². The van der Waals surface area contributed by atoms with Gasteiger partial charge in [0, 0.05) is 30.1 Å². The smallest absolute Gasteiger partial charge is 0.160 e. The Balaban J connectivity index is 2.22. The van der Waals surface area contributed by atoms with Gasteiger partial charge in [0.1, 0.15) is 11.5 Å². The number of nitrogens with one attached hydrogen (secondary N) is 1. The molecule has 2 aromatic rings. The van der Waals surface area contributed by atoms with E-state index < -0.39 is 11.6 Å². The van der Waals surface area contributed by atoms with E-state index in [0.29, 0.717) is 22.7 Å². The van der Waals surface area contributed by atoms with Crippen LogP contribution in [0.2, 0.25) is 0 Å². The zero-order valence-corrected chi connectivity index (χ0v) is 8.65. The van der Waals surface area contributed by atoms with Crippen LogP contribution in [0.4, 0.5) is 26.0 Å². The molecule has 88 valence electrons. The van der Waals surface area contributed by atoms with E-state index >= 15 is 0 Å². The van der Waals surface area contributed by atoms with E-state index in [9.17, 15) is 14.0 Å². The van der Waals surface area contributed by atoms with E-state index in [0.717, 1.165) is 12.1 Å². The maximum atomic E-state index is 12.9.